The minimum atomic E-state index is 0.147. The molecule has 0 amide bonds. The largest absolute Gasteiger partial charge is 0.491 e. The highest BCUT2D eigenvalue weighted by atomic mass is 16.5. The lowest BCUT2D eigenvalue weighted by molar-refractivity contribution is 0.0170. The zero-order chi connectivity index (χ0) is 15.8. The third kappa shape index (κ3) is 5.95. The first-order chi connectivity index (χ1) is 10.6. The molecule has 0 aliphatic carbocycles. The Balaban J connectivity index is 1.60. The first-order valence-corrected chi connectivity index (χ1v) is 8.17. The Kier molecular flexibility index (Phi) is 6.68. The lowest BCUT2D eigenvalue weighted by Gasteiger charge is -2.26. The molecule has 0 unspecified atom stereocenters. The van der Waals surface area contributed by atoms with Crippen molar-refractivity contribution in [2.45, 2.75) is 26.2 Å². The van der Waals surface area contributed by atoms with Gasteiger partial charge in [0, 0.05) is 19.6 Å². The highest BCUT2D eigenvalue weighted by molar-refractivity contribution is 5.32. The van der Waals surface area contributed by atoms with Crippen molar-refractivity contribution in [1.29, 1.82) is 0 Å². The molecule has 124 valence electrons. The van der Waals surface area contributed by atoms with E-state index in [4.69, 9.17) is 14.2 Å². The fraction of sp³-hybridized carbons (Fsp3) is 0.667. The predicted octanol–water partition coefficient (Wildman–Crippen LogP) is 2.71. The van der Waals surface area contributed by atoms with E-state index in [9.17, 15) is 0 Å². The van der Waals surface area contributed by atoms with E-state index in [1.54, 1.807) is 0 Å². The number of morpholine rings is 1. The number of nitrogens with zero attached hydrogens (tertiary/aromatic N) is 1. The Bertz CT molecular complexity index is 436. The number of hydrogen-bond acceptors (Lipinski definition) is 4. The molecule has 1 aliphatic heterocycles. The molecule has 2 rings (SSSR count). The fourth-order valence-electron chi connectivity index (χ4n) is 2.39. The van der Waals surface area contributed by atoms with Crippen LogP contribution in [0.25, 0.3) is 0 Å². The summed E-state index contributed by atoms with van der Waals surface area (Å²) in [6, 6.07) is 8.32. The van der Waals surface area contributed by atoms with Crippen LogP contribution in [0.4, 0.5) is 0 Å². The smallest absolute Gasteiger partial charge is 0.119 e. The van der Waals surface area contributed by atoms with Gasteiger partial charge >= 0.3 is 0 Å². The first-order valence-electron chi connectivity index (χ1n) is 8.17. The van der Waals surface area contributed by atoms with Gasteiger partial charge in [-0.1, -0.05) is 32.9 Å². The van der Waals surface area contributed by atoms with E-state index in [1.807, 2.05) is 6.07 Å². The lowest BCUT2D eigenvalue weighted by atomic mass is 9.87. The van der Waals surface area contributed by atoms with Crippen LogP contribution in [0.2, 0.25) is 0 Å². The van der Waals surface area contributed by atoms with Crippen LogP contribution < -0.4 is 4.74 Å². The fourth-order valence-corrected chi connectivity index (χ4v) is 2.39. The SMILES string of the molecule is CC(C)(C)c1cccc(OCCOCCN2CCOCC2)c1. The van der Waals surface area contributed by atoms with Crippen molar-refractivity contribution < 1.29 is 14.2 Å². The van der Waals surface area contributed by atoms with Gasteiger partial charge < -0.3 is 14.2 Å². The second-order valence-electron chi connectivity index (χ2n) is 6.69. The van der Waals surface area contributed by atoms with Gasteiger partial charge in [-0.25, -0.2) is 0 Å². The van der Waals surface area contributed by atoms with Crippen LogP contribution >= 0.6 is 0 Å². The van der Waals surface area contributed by atoms with Gasteiger partial charge in [0.05, 0.1) is 26.4 Å². The average Bonchev–Trinajstić information content (AvgIpc) is 2.51. The van der Waals surface area contributed by atoms with E-state index in [-0.39, 0.29) is 5.41 Å². The van der Waals surface area contributed by atoms with Crippen molar-refractivity contribution in [2.75, 3.05) is 52.7 Å². The standard InChI is InChI=1S/C18H29NO3/c1-18(2,3)16-5-4-6-17(15-16)22-14-13-21-12-9-19-7-10-20-11-8-19/h4-6,15H,7-14H2,1-3H3. The minimum Gasteiger partial charge on any atom is -0.491 e. The monoisotopic (exact) mass is 307 g/mol. The van der Waals surface area contributed by atoms with Crippen LogP contribution in [0.1, 0.15) is 26.3 Å². The molecule has 22 heavy (non-hydrogen) atoms. The summed E-state index contributed by atoms with van der Waals surface area (Å²) in [5, 5.41) is 0. The van der Waals surface area contributed by atoms with E-state index in [1.165, 1.54) is 5.56 Å². The molecule has 1 heterocycles. The molecule has 1 aromatic rings. The van der Waals surface area contributed by atoms with Crippen molar-refractivity contribution in [3.8, 4) is 5.75 Å². The normalized spacial score (nSPS) is 16.7. The van der Waals surface area contributed by atoms with Crippen LogP contribution in [-0.4, -0.2) is 57.6 Å². The minimum absolute atomic E-state index is 0.147. The predicted molar refractivity (Wildman–Crippen MR) is 88.7 cm³/mol. The van der Waals surface area contributed by atoms with Crippen molar-refractivity contribution in [3.05, 3.63) is 29.8 Å². The van der Waals surface area contributed by atoms with Crippen molar-refractivity contribution in [2.24, 2.45) is 0 Å². The third-order valence-corrected chi connectivity index (χ3v) is 3.85. The summed E-state index contributed by atoms with van der Waals surface area (Å²) in [6.07, 6.45) is 0. The summed E-state index contributed by atoms with van der Waals surface area (Å²) >= 11 is 0. The molecule has 4 heteroatoms. The molecular weight excluding hydrogens is 278 g/mol. The highest BCUT2D eigenvalue weighted by Crippen LogP contribution is 2.25. The van der Waals surface area contributed by atoms with Crippen LogP contribution in [0.5, 0.6) is 5.75 Å². The molecular formula is C18H29NO3. The second kappa shape index (κ2) is 8.51. The Morgan fingerprint density at radius 3 is 2.59 bits per heavy atom. The van der Waals surface area contributed by atoms with Crippen LogP contribution in [0.15, 0.2) is 24.3 Å². The molecule has 0 spiro atoms. The van der Waals surface area contributed by atoms with E-state index < -0.39 is 0 Å². The van der Waals surface area contributed by atoms with Gasteiger partial charge in [0.1, 0.15) is 12.4 Å². The van der Waals surface area contributed by atoms with Gasteiger partial charge in [0.15, 0.2) is 0 Å². The van der Waals surface area contributed by atoms with Gasteiger partial charge in [-0.05, 0) is 23.1 Å². The summed E-state index contributed by atoms with van der Waals surface area (Å²) in [5.74, 6) is 0.921. The van der Waals surface area contributed by atoms with Gasteiger partial charge in [-0.15, -0.1) is 0 Å². The molecule has 1 saturated heterocycles. The molecule has 1 aliphatic rings. The quantitative estimate of drug-likeness (QED) is 0.725. The Hall–Kier alpha value is -1.10. The molecule has 0 saturated carbocycles. The molecule has 1 aromatic carbocycles. The summed E-state index contributed by atoms with van der Waals surface area (Å²) < 4.78 is 16.7. The number of ether oxygens (including phenoxy) is 3. The molecule has 0 bridgehead atoms. The maximum absolute atomic E-state index is 5.78. The van der Waals surface area contributed by atoms with Crippen molar-refractivity contribution >= 4 is 0 Å². The molecule has 0 radical (unpaired) electrons. The Morgan fingerprint density at radius 2 is 1.86 bits per heavy atom. The van der Waals surface area contributed by atoms with Gasteiger partial charge in [0.25, 0.3) is 0 Å². The summed E-state index contributed by atoms with van der Waals surface area (Å²) in [4.78, 5) is 2.37. The van der Waals surface area contributed by atoms with Crippen LogP contribution in [0, 0.1) is 0 Å². The summed E-state index contributed by atoms with van der Waals surface area (Å²) in [5.41, 5.74) is 1.44. The Morgan fingerprint density at radius 1 is 1.09 bits per heavy atom. The zero-order valence-electron chi connectivity index (χ0n) is 14.1. The summed E-state index contributed by atoms with van der Waals surface area (Å²) in [7, 11) is 0. The highest BCUT2D eigenvalue weighted by Gasteiger charge is 2.13. The van der Waals surface area contributed by atoms with E-state index in [0.29, 0.717) is 13.2 Å². The van der Waals surface area contributed by atoms with E-state index in [2.05, 4.69) is 43.9 Å². The third-order valence-electron chi connectivity index (χ3n) is 3.85. The van der Waals surface area contributed by atoms with Crippen LogP contribution in [0.3, 0.4) is 0 Å². The van der Waals surface area contributed by atoms with Gasteiger partial charge in [0.2, 0.25) is 0 Å². The van der Waals surface area contributed by atoms with Crippen LogP contribution in [-0.2, 0) is 14.9 Å². The van der Waals surface area contributed by atoms with Gasteiger partial charge in [-0.3, -0.25) is 4.90 Å². The lowest BCUT2D eigenvalue weighted by Crippen LogP contribution is -2.38. The molecule has 4 nitrogen and oxygen atoms in total. The number of rotatable bonds is 7. The van der Waals surface area contributed by atoms with E-state index in [0.717, 1.165) is 45.2 Å². The average molecular weight is 307 g/mol. The van der Waals surface area contributed by atoms with Crippen molar-refractivity contribution in [3.63, 3.8) is 0 Å². The maximum Gasteiger partial charge on any atom is 0.119 e. The molecule has 0 aromatic heterocycles. The second-order valence-corrected chi connectivity index (χ2v) is 6.69. The molecule has 0 atom stereocenters. The zero-order valence-corrected chi connectivity index (χ0v) is 14.1. The maximum atomic E-state index is 5.78. The number of benzene rings is 1. The summed E-state index contributed by atoms with van der Waals surface area (Å²) in [6.45, 7) is 13.3. The number of hydrogen-bond donors (Lipinski definition) is 0. The first kappa shape index (κ1) is 17.3. The van der Waals surface area contributed by atoms with Gasteiger partial charge in [-0.2, -0.15) is 0 Å². The van der Waals surface area contributed by atoms with E-state index >= 15 is 0 Å². The van der Waals surface area contributed by atoms with Crippen molar-refractivity contribution in [1.82, 2.24) is 4.90 Å². The molecule has 1 fully saturated rings. The topological polar surface area (TPSA) is 30.9 Å². The molecule has 0 N–H and O–H groups in total. The Labute approximate surface area is 134 Å².